The molecule has 0 heterocycles. The molecule has 0 aliphatic heterocycles. The Labute approximate surface area is 136 Å². The fourth-order valence-corrected chi connectivity index (χ4v) is 2.69. The summed E-state index contributed by atoms with van der Waals surface area (Å²) in [7, 11) is 0. The van der Waals surface area contributed by atoms with Gasteiger partial charge >= 0.3 is 5.70 Å². The normalized spacial score (nSPS) is 18.0. The van der Waals surface area contributed by atoms with Crippen molar-refractivity contribution in [3.05, 3.63) is 57.9 Å². The summed E-state index contributed by atoms with van der Waals surface area (Å²) in [5, 5.41) is 9.31. The van der Waals surface area contributed by atoms with Crippen LogP contribution in [0, 0.1) is 12.3 Å². The molecule has 0 aromatic heterocycles. The molecule has 1 aliphatic carbocycles. The highest BCUT2D eigenvalue weighted by Crippen LogP contribution is 2.34. The summed E-state index contributed by atoms with van der Waals surface area (Å²) in [5.41, 5.74) is 3.20. The van der Waals surface area contributed by atoms with Crippen LogP contribution in [0.15, 0.2) is 41.8 Å². The monoisotopic (exact) mass is 315 g/mol. The number of benzene rings is 1. The molecule has 0 radical (unpaired) electrons. The number of diazo groups is 1. The minimum Gasteiger partial charge on any atom is -0.486 e. The quantitative estimate of drug-likeness (QED) is 0.601. The number of rotatable bonds is 5. The second-order valence-corrected chi connectivity index (χ2v) is 5.34. The molecule has 114 valence electrons. The van der Waals surface area contributed by atoms with Crippen molar-refractivity contribution in [2.75, 3.05) is 13.2 Å². The Morgan fingerprint density at radius 2 is 1.86 bits per heavy atom. The SMILES string of the molecule is CCOC1=C(c2ccc(C)cc2)C(=S)C(OCC)C=C1[N+]#N. The van der Waals surface area contributed by atoms with Crippen LogP contribution in [0.3, 0.4) is 0 Å². The van der Waals surface area contributed by atoms with E-state index in [1.54, 1.807) is 6.08 Å². The maximum atomic E-state index is 9.31. The van der Waals surface area contributed by atoms with E-state index < -0.39 is 6.10 Å². The van der Waals surface area contributed by atoms with Crippen LogP contribution in [0.4, 0.5) is 0 Å². The average Bonchev–Trinajstić information content (AvgIpc) is 2.52. The molecule has 4 nitrogen and oxygen atoms in total. The first-order valence-corrected chi connectivity index (χ1v) is 7.70. The van der Waals surface area contributed by atoms with Gasteiger partial charge in [-0.15, -0.1) is 0 Å². The molecule has 0 N–H and O–H groups in total. The molecule has 1 atom stereocenters. The van der Waals surface area contributed by atoms with Gasteiger partial charge in [0.25, 0.3) is 0 Å². The molecule has 0 saturated carbocycles. The second kappa shape index (κ2) is 7.30. The number of ether oxygens (including phenoxy) is 2. The summed E-state index contributed by atoms with van der Waals surface area (Å²) in [6, 6.07) is 8.00. The number of nitrogens with zero attached hydrogens (tertiary/aromatic N) is 2. The van der Waals surface area contributed by atoms with Gasteiger partial charge in [0, 0.05) is 18.3 Å². The molecule has 1 aliphatic rings. The van der Waals surface area contributed by atoms with Crippen LogP contribution in [0.5, 0.6) is 0 Å². The first-order valence-electron chi connectivity index (χ1n) is 7.29. The Hall–Kier alpha value is -2.03. The van der Waals surface area contributed by atoms with E-state index in [4.69, 9.17) is 21.7 Å². The molecule has 2 rings (SSSR count). The molecule has 0 fully saturated rings. The third-order valence-electron chi connectivity index (χ3n) is 3.36. The van der Waals surface area contributed by atoms with Crippen molar-refractivity contribution in [1.29, 1.82) is 5.39 Å². The Balaban J connectivity index is 2.59. The van der Waals surface area contributed by atoms with Crippen molar-refractivity contribution in [3.63, 3.8) is 0 Å². The molecule has 0 bridgehead atoms. The van der Waals surface area contributed by atoms with Crippen LogP contribution in [0.2, 0.25) is 0 Å². The van der Waals surface area contributed by atoms with Gasteiger partial charge in [-0.05, 0) is 26.3 Å². The van der Waals surface area contributed by atoms with Gasteiger partial charge in [-0.2, -0.15) is 0 Å². The van der Waals surface area contributed by atoms with Gasteiger partial charge in [0.1, 0.15) is 6.10 Å². The van der Waals surface area contributed by atoms with Crippen LogP contribution in [-0.4, -0.2) is 24.2 Å². The third-order valence-corrected chi connectivity index (χ3v) is 3.79. The molecule has 1 aromatic carbocycles. The maximum absolute atomic E-state index is 9.31. The lowest BCUT2D eigenvalue weighted by Crippen LogP contribution is -2.27. The number of aryl methyl sites for hydroxylation is 1. The van der Waals surface area contributed by atoms with Gasteiger partial charge in [-0.25, -0.2) is 0 Å². The van der Waals surface area contributed by atoms with E-state index in [2.05, 4.69) is 4.98 Å². The lowest BCUT2D eigenvalue weighted by atomic mass is 9.92. The smallest absolute Gasteiger partial charge is 0.426 e. The molecule has 1 aromatic rings. The van der Waals surface area contributed by atoms with Crippen molar-refractivity contribution in [3.8, 4) is 0 Å². The Morgan fingerprint density at radius 3 is 2.41 bits per heavy atom. The van der Waals surface area contributed by atoms with Crippen LogP contribution in [-0.2, 0) is 9.47 Å². The summed E-state index contributed by atoms with van der Waals surface area (Å²) in [5.74, 6) is 0.495. The van der Waals surface area contributed by atoms with E-state index >= 15 is 0 Å². The molecule has 0 saturated heterocycles. The molecular weight excluding hydrogens is 296 g/mol. The van der Waals surface area contributed by atoms with Gasteiger partial charge in [0.2, 0.25) is 11.2 Å². The second-order valence-electron chi connectivity index (χ2n) is 4.90. The van der Waals surface area contributed by atoms with E-state index in [0.717, 1.165) is 16.7 Å². The Bertz CT molecular complexity index is 669. The summed E-state index contributed by atoms with van der Waals surface area (Å²) in [4.78, 5) is 3.99. The van der Waals surface area contributed by atoms with Crippen LogP contribution < -0.4 is 0 Å². The van der Waals surface area contributed by atoms with E-state index in [9.17, 15) is 5.39 Å². The first-order chi connectivity index (χ1) is 10.6. The van der Waals surface area contributed by atoms with Gasteiger partial charge < -0.3 is 9.47 Å². The lowest BCUT2D eigenvalue weighted by molar-refractivity contribution is 0.140. The number of hydrogen-bond donors (Lipinski definition) is 0. The first kappa shape index (κ1) is 16.3. The van der Waals surface area contributed by atoms with E-state index in [1.807, 2.05) is 45.0 Å². The summed E-state index contributed by atoms with van der Waals surface area (Å²) in [6.45, 7) is 6.79. The standard InChI is InChI=1S/C17H19N2O2S/c1-4-20-14-10-13(19-18)16(21-5-2)15(17(14)22)12-8-6-11(3)7-9-12/h6-10,14H,4-5H2,1-3H3/q+1. The predicted molar refractivity (Wildman–Crippen MR) is 90.9 cm³/mol. The average molecular weight is 315 g/mol. The zero-order valence-corrected chi connectivity index (χ0v) is 13.8. The molecule has 0 spiro atoms. The highest BCUT2D eigenvalue weighted by atomic mass is 32.1. The minimum atomic E-state index is -0.397. The van der Waals surface area contributed by atoms with Gasteiger partial charge in [0.15, 0.2) is 4.98 Å². The minimum absolute atomic E-state index is 0.351. The molecule has 5 heteroatoms. The fourth-order valence-electron chi connectivity index (χ4n) is 2.34. The summed E-state index contributed by atoms with van der Waals surface area (Å²) in [6.07, 6.45) is 1.29. The third kappa shape index (κ3) is 3.24. The van der Waals surface area contributed by atoms with Crippen molar-refractivity contribution >= 4 is 22.7 Å². The predicted octanol–water partition coefficient (Wildman–Crippen LogP) is 4.27. The van der Waals surface area contributed by atoms with Gasteiger partial charge in [-0.1, -0.05) is 42.0 Å². The fraction of sp³-hybridized carbons (Fsp3) is 0.353. The van der Waals surface area contributed by atoms with Crippen molar-refractivity contribution in [2.45, 2.75) is 26.9 Å². The maximum Gasteiger partial charge on any atom is 0.426 e. The Morgan fingerprint density at radius 1 is 1.18 bits per heavy atom. The van der Waals surface area contributed by atoms with E-state index in [0.29, 0.717) is 29.5 Å². The highest BCUT2D eigenvalue weighted by molar-refractivity contribution is 7.81. The highest BCUT2D eigenvalue weighted by Gasteiger charge is 2.36. The van der Waals surface area contributed by atoms with Gasteiger partial charge in [-0.3, -0.25) is 0 Å². The van der Waals surface area contributed by atoms with Crippen molar-refractivity contribution in [2.24, 2.45) is 0 Å². The topological polar surface area (TPSA) is 46.6 Å². The van der Waals surface area contributed by atoms with Crippen LogP contribution in [0.1, 0.15) is 25.0 Å². The lowest BCUT2D eigenvalue weighted by Gasteiger charge is -2.22. The zero-order chi connectivity index (χ0) is 16.1. The van der Waals surface area contributed by atoms with Crippen molar-refractivity contribution < 1.29 is 9.47 Å². The Kier molecular flexibility index (Phi) is 5.42. The number of hydrogen-bond acceptors (Lipinski definition) is 4. The number of thiocarbonyl (C=S) groups is 1. The van der Waals surface area contributed by atoms with Crippen molar-refractivity contribution in [1.82, 2.24) is 0 Å². The van der Waals surface area contributed by atoms with Crippen LogP contribution >= 0.6 is 12.2 Å². The molecule has 1 unspecified atom stereocenters. The van der Waals surface area contributed by atoms with E-state index in [-0.39, 0.29) is 0 Å². The zero-order valence-electron chi connectivity index (χ0n) is 13.0. The molecule has 0 amide bonds. The summed E-state index contributed by atoms with van der Waals surface area (Å²) >= 11 is 5.59. The molecular formula is C17H19N2O2S+. The molecule has 22 heavy (non-hydrogen) atoms. The van der Waals surface area contributed by atoms with Crippen LogP contribution in [0.25, 0.3) is 10.5 Å². The van der Waals surface area contributed by atoms with Gasteiger partial charge in [0.05, 0.1) is 11.5 Å². The summed E-state index contributed by atoms with van der Waals surface area (Å²) < 4.78 is 11.3. The largest absolute Gasteiger partial charge is 0.486 e. The van der Waals surface area contributed by atoms with E-state index in [1.165, 1.54) is 0 Å².